The molecule has 1 aromatic carbocycles. The van der Waals surface area contributed by atoms with Crippen molar-refractivity contribution in [1.29, 1.82) is 0 Å². The quantitative estimate of drug-likeness (QED) is 0.760. The molecule has 0 radical (unpaired) electrons. The molecule has 2 rings (SSSR count). The molecular weight excluding hydrogens is 292 g/mol. The summed E-state index contributed by atoms with van der Waals surface area (Å²) in [5.41, 5.74) is 1.52. The van der Waals surface area contributed by atoms with Gasteiger partial charge in [0, 0.05) is 43.3 Å². The molecule has 5 nitrogen and oxygen atoms in total. The number of carbonyl (C=O) groups excluding carboxylic acids is 2. The van der Waals surface area contributed by atoms with E-state index in [1.54, 1.807) is 37.6 Å². The van der Waals surface area contributed by atoms with Gasteiger partial charge < -0.3 is 10.1 Å². The number of carbonyl (C=O) groups is 2. The zero-order valence-corrected chi connectivity index (χ0v) is 13.1. The van der Waals surface area contributed by atoms with Crippen LogP contribution in [0.25, 0.3) is 0 Å². The molecule has 0 aliphatic rings. The molecule has 120 valence electrons. The maximum Gasteiger partial charge on any atom is 0.220 e. The van der Waals surface area contributed by atoms with Gasteiger partial charge in [-0.25, -0.2) is 0 Å². The van der Waals surface area contributed by atoms with Gasteiger partial charge in [-0.3, -0.25) is 14.6 Å². The Bertz CT molecular complexity index is 639. The molecule has 0 atom stereocenters. The zero-order valence-electron chi connectivity index (χ0n) is 13.1. The van der Waals surface area contributed by atoms with E-state index in [1.807, 2.05) is 18.2 Å². The van der Waals surface area contributed by atoms with Gasteiger partial charge in [0.05, 0.1) is 7.11 Å². The molecule has 5 heteroatoms. The highest BCUT2D eigenvalue weighted by Crippen LogP contribution is 2.13. The first kappa shape index (κ1) is 16.7. The number of aromatic nitrogens is 1. The van der Waals surface area contributed by atoms with Crippen molar-refractivity contribution in [3.63, 3.8) is 0 Å². The van der Waals surface area contributed by atoms with Crippen LogP contribution >= 0.6 is 0 Å². The number of rotatable bonds is 8. The molecule has 0 saturated heterocycles. The lowest BCUT2D eigenvalue weighted by Crippen LogP contribution is -2.26. The van der Waals surface area contributed by atoms with Crippen molar-refractivity contribution in [1.82, 2.24) is 10.3 Å². The summed E-state index contributed by atoms with van der Waals surface area (Å²) in [5.74, 6) is 0.532. The summed E-state index contributed by atoms with van der Waals surface area (Å²) in [5, 5.41) is 2.81. The summed E-state index contributed by atoms with van der Waals surface area (Å²) in [7, 11) is 1.58. The minimum Gasteiger partial charge on any atom is -0.497 e. The van der Waals surface area contributed by atoms with Gasteiger partial charge >= 0.3 is 0 Å². The summed E-state index contributed by atoms with van der Waals surface area (Å²) in [6.07, 6.45) is 2.79. The number of hydrogen-bond donors (Lipinski definition) is 1. The minimum atomic E-state index is -0.122. The molecule has 0 fully saturated rings. The number of ether oxygens (including phenoxy) is 1. The van der Waals surface area contributed by atoms with E-state index in [-0.39, 0.29) is 24.5 Å². The van der Waals surface area contributed by atoms with E-state index in [0.717, 1.165) is 5.69 Å². The highest BCUT2D eigenvalue weighted by Gasteiger charge is 2.09. The van der Waals surface area contributed by atoms with E-state index in [1.165, 1.54) is 0 Å². The summed E-state index contributed by atoms with van der Waals surface area (Å²) in [6, 6.07) is 12.6. The van der Waals surface area contributed by atoms with E-state index in [4.69, 9.17) is 4.74 Å². The second-order valence-corrected chi connectivity index (χ2v) is 5.07. The molecule has 23 heavy (non-hydrogen) atoms. The predicted octanol–water partition coefficient (Wildman–Crippen LogP) is 2.41. The van der Waals surface area contributed by atoms with Crippen molar-refractivity contribution in [3.05, 3.63) is 59.9 Å². The second-order valence-electron chi connectivity index (χ2n) is 5.07. The molecule has 0 saturated carbocycles. The van der Waals surface area contributed by atoms with E-state index < -0.39 is 0 Å². The topological polar surface area (TPSA) is 68.3 Å². The van der Waals surface area contributed by atoms with Gasteiger partial charge in [-0.15, -0.1) is 0 Å². The van der Waals surface area contributed by atoms with Crippen molar-refractivity contribution in [2.75, 3.05) is 13.7 Å². The average Bonchev–Trinajstić information content (AvgIpc) is 2.60. The number of pyridine rings is 1. The summed E-state index contributed by atoms with van der Waals surface area (Å²) >= 11 is 0. The second kappa shape index (κ2) is 8.68. The highest BCUT2D eigenvalue weighted by atomic mass is 16.5. The Morgan fingerprint density at radius 3 is 2.52 bits per heavy atom. The fourth-order valence-corrected chi connectivity index (χ4v) is 2.11. The van der Waals surface area contributed by atoms with Crippen LogP contribution in [0.4, 0.5) is 0 Å². The summed E-state index contributed by atoms with van der Waals surface area (Å²) in [6.45, 7) is 0.520. The van der Waals surface area contributed by atoms with Gasteiger partial charge in [0.15, 0.2) is 5.78 Å². The third-order valence-electron chi connectivity index (χ3n) is 3.42. The smallest absolute Gasteiger partial charge is 0.220 e. The fourth-order valence-electron chi connectivity index (χ4n) is 2.11. The number of nitrogens with one attached hydrogen (secondary N) is 1. The largest absolute Gasteiger partial charge is 0.497 e. The first-order chi connectivity index (χ1) is 11.2. The Hall–Kier alpha value is -2.69. The monoisotopic (exact) mass is 312 g/mol. The van der Waals surface area contributed by atoms with Gasteiger partial charge in [-0.05, 0) is 36.4 Å². The fraction of sp³-hybridized carbons (Fsp3) is 0.278. The van der Waals surface area contributed by atoms with Crippen LogP contribution in [0.15, 0.2) is 48.7 Å². The molecule has 2 aromatic rings. The van der Waals surface area contributed by atoms with Crippen LogP contribution < -0.4 is 10.1 Å². The highest BCUT2D eigenvalue weighted by molar-refractivity contribution is 5.98. The number of hydrogen-bond acceptors (Lipinski definition) is 4. The standard InChI is InChI=1S/C18H20N2O3/c1-23-16-7-5-14(6-8-16)17(21)9-10-18(22)20-13-11-15-4-2-3-12-19-15/h2-8,12H,9-11,13H2,1H3,(H,20,22). The normalized spacial score (nSPS) is 10.1. The Morgan fingerprint density at radius 2 is 1.87 bits per heavy atom. The minimum absolute atomic E-state index is 0.0486. The number of methoxy groups -OCH3 is 1. The first-order valence-electron chi connectivity index (χ1n) is 7.53. The SMILES string of the molecule is COc1ccc(C(=O)CCC(=O)NCCc2ccccn2)cc1. The van der Waals surface area contributed by atoms with Crippen molar-refractivity contribution in [3.8, 4) is 5.75 Å². The molecule has 0 spiro atoms. The Labute approximate surface area is 135 Å². The maximum absolute atomic E-state index is 12.0. The Balaban J connectivity index is 1.70. The molecule has 1 N–H and O–H groups in total. The average molecular weight is 312 g/mol. The number of benzene rings is 1. The van der Waals surface area contributed by atoms with Crippen LogP contribution in [-0.4, -0.2) is 30.3 Å². The van der Waals surface area contributed by atoms with Crippen LogP contribution in [0, 0.1) is 0 Å². The van der Waals surface area contributed by atoms with Crippen molar-refractivity contribution < 1.29 is 14.3 Å². The molecule has 0 aliphatic heterocycles. The van der Waals surface area contributed by atoms with Crippen molar-refractivity contribution >= 4 is 11.7 Å². The predicted molar refractivity (Wildman–Crippen MR) is 87.5 cm³/mol. The van der Waals surface area contributed by atoms with Crippen LogP contribution in [0.5, 0.6) is 5.75 Å². The van der Waals surface area contributed by atoms with Crippen molar-refractivity contribution in [2.24, 2.45) is 0 Å². The van der Waals surface area contributed by atoms with Gasteiger partial charge in [-0.2, -0.15) is 0 Å². The Kier molecular flexibility index (Phi) is 6.29. The Morgan fingerprint density at radius 1 is 1.09 bits per heavy atom. The lowest BCUT2D eigenvalue weighted by molar-refractivity contribution is -0.121. The van der Waals surface area contributed by atoms with E-state index in [0.29, 0.717) is 24.3 Å². The van der Waals surface area contributed by atoms with E-state index in [9.17, 15) is 9.59 Å². The van der Waals surface area contributed by atoms with Crippen LogP contribution in [0.2, 0.25) is 0 Å². The van der Waals surface area contributed by atoms with Crippen molar-refractivity contribution in [2.45, 2.75) is 19.3 Å². The van der Waals surface area contributed by atoms with Gasteiger partial charge in [0.1, 0.15) is 5.75 Å². The lowest BCUT2D eigenvalue weighted by atomic mass is 10.1. The van der Waals surface area contributed by atoms with Gasteiger partial charge in [-0.1, -0.05) is 6.07 Å². The van der Waals surface area contributed by atoms with Crippen LogP contribution in [0.1, 0.15) is 28.9 Å². The molecule has 0 aliphatic carbocycles. The number of amides is 1. The molecular formula is C18H20N2O3. The van der Waals surface area contributed by atoms with E-state index >= 15 is 0 Å². The number of ketones is 1. The number of Topliss-reactive ketones (excluding diaryl/α,β-unsaturated/α-hetero) is 1. The molecule has 1 heterocycles. The molecule has 0 bridgehead atoms. The lowest BCUT2D eigenvalue weighted by Gasteiger charge is -2.05. The zero-order chi connectivity index (χ0) is 16.5. The maximum atomic E-state index is 12.0. The molecule has 1 amide bonds. The van der Waals surface area contributed by atoms with Gasteiger partial charge in [0.25, 0.3) is 0 Å². The third kappa shape index (κ3) is 5.54. The van der Waals surface area contributed by atoms with Crippen LogP contribution in [0.3, 0.4) is 0 Å². The number of nitrogens with zero attached hydrogens (tertiary/aromatic N) is 1. The summed E-state index contributed by atoms with van der Waals surface area (Å²) < 4.78 is 5.05. The van der Waals surface area contributed by atoms with Crippen LogP contribution in [-0.2, 0) is 11.2 Å². The summed E-state index contributed by atoms with van der Waals surface area (Å²) in [4.78, 5) is 28.0. The van der Waals surface area contributed by atoms with Gasteiger partial charge in [0.2, 0.25) is 5.91 Å². The third-order valence-corrected chi connectivity index (χ3v) is 3.42. The molecule has 0 unspecified atom stereocenters. The van der Waals surface area contributed by atoms with E-state index in [2.05, 4.69) is 10.3 Å². The first-order valence-corrected chi connectivity index (χ1v) is 7.53. The molecule has 1 aromatic heterocycles.